The lowest BCUT2D eigenvalue weighted by Crippen LogP contribution is -2.40. The number of rotatable bonds is 4. The van der Waals surface area contributed by atoms with Crippen LogP contribution in [-0.4, -0.2) is 53.9 Å². The fourth-order valence-corrected chi connectivity index (χ4v) is 3.28. The van der Waals surface area contributed by atoms with Gasteiger partial charge in [-0.2, -0.15) is 5.10 Å². The Hall–Kier alpha value is -2.10. The highest BCUT2D eigenvalue weighted by atomic mass is 127. The zero-order valence-corrected chi connectivity index (χ0v) is 18.2. The number of nitrogens with zero attached hydrogens (tertiary/aromatic N) is 4. The molecule has 1 aliphatic heterocycles. The number of aliphatic imine (C=N–C) groups is 1. The molecular weight excluding hydrogens is 457 g/mol. The topological polar surface area (TPSA) is 71.8 Å². The summed E-state index contributed by atoms with van der Waals surface area (Å²) in [7, 11) is 3.19. The van der Waals surface area contributed by atoms with E-state index in [1.807, 2.05) is 47.3 Å². The number of para-hydroxylation sites is 1. The first kappa shape index (κ1) is 21.2. The van der Waals surface area contributed by atoms with Crippen LogP contribution in [0.25, 0.3) is 5.69 Å². The highest BCUT2D eigenvalue weighted by Crippen LogP contribution is 2.24. The van der Waals surface area contributed by atoms with Gasteiger partial charge in [0.2, 0.25) is 0 Å². The summed E-state index contributed by atoms with van der Waals surface area (Å²) in [5.41, 5.74) is 1.95. The second kappa shape index (κ2) is 9.72. The number of guanidine groups is 1. The number of esters is 1. The summed E-state index contributed by atoms with van der Waals surface area (Å²) in [6.07, 6.45) is 1.94. The van der Waals surface area contributed by atoms with Gasteiger partial charge in [0.05, 0.1) is 31.0 Å². The van der Waals surface area contributed by atoms with Crippen molar-refractivity contribution in [2.45, 2.75) is 13.5 Å². The molecule has 0 spiro atoms. The number of halogens is 1. The molecular formula is C19H26IN5O2. The van der Waals surface area contributed by atoms with Gasteiger partial charge in [-0.05, 0) is 24.1 Å². The van der Waals surface area contributed by atoms with Crippen molar-refractivity contribution in [2.24, 2.45) is 16.8 Å². The minimum Gasteiger partial charge on any atom is -0.469 e. The van der Waals surface area contributed by atoms with Crippen LogP contribution in [0.4, 0.5) is 0 Å². The van der Waals surface area contributed by atoms with Crippen molar-refractivity contribution in [1.82, 2.24) is 20.0 Å². The van der Waals surface area contributed by atoms with Crippen LogP contribution in [0, 0.1) is 11.8 Å². The number of ether oxygens (including phenoxy) is 1. The standard InChI is InChI=1S/C19H25N5O2.HI/c1-14-12-23(13-17(14)18(25)26-3)19(20-2)21-11-15-9-10-24(22-15)16-7-5-4-6-8-16;/h4-10,14,17H,11-13H2,1-3H3,(H,20,21);1H. The molecule has 0 radical (unpaired) electrons. The fraction of sp³-hybridized carbons (Fsp3) is 0.421. The van der Waals surface area contributed by atoms with E-state index in [9.17, 15) is 4.79 Å². The Labute approximate surface area is 176 Å². The number of carbonyl (C=O) groups is 1. The SMILES string of the molecule is CN=C(NCc1ccn(-c2ccccc2)n1)N1CC(C)C(C(=O)OC)C1.I. The average Bonchev–Trinajstić information content (AvgIpc) is 3.29. The maximum atomic E-state index is 11.9. The second-order valence-corrected chi connectivity index (χ2v) is 6.50. The summed E-state index contributed by atoms with van der Waals surface area (Å²) in [6.45, 7) is 4.03. The number of hydrogen-bond donors (Lipinski definition) is 1. The lowest BCUT2D eigenvalue weighted by Gasteiger charge is -2.21. The van der Waals surface area contributed by atoms with Gasteiger partial charge in [-0.15, -0.1) is 24.0 Å². The number of benzene rings is 1. The molecule has 2 unspecified atom stereocenters. The largest absolute Gasteiger partial charge is 0.469 e. The third-order valence-corrected chi connectivity index (χ3v) is 4.72. The van der Waals surface area contributed by atoms with E-state index in [1.54, 1.807) is 7.05 Å². The summed E-state index contributed by atoms with van der Waals surface area (Å²) < 4.78 is 6.75. The summed E-state index contributed by atoms with van der Waals surface area (Å²) in [4.78, 5) is 18.3. The van der Waals surface area contributed by atoms with Gasteiger partial charge in [0.1, 0.15) is 0 Å². The first-order valence-electron chi connectivity index (χ1n) is 8.75. The van der Waals surface area contributed by atoms with E-state index in [-0.39, 0.29) is 41.8 Å². The number of nitrogens with one attached hydrogen (secondary N) is 1. The molecule has 0 bridgehead atoms. The number of methoxy groups -OCH3 is 1. The number of likely N-dealkylation sites (tertiary alicyclic amines) is 1. The van der Waals surface area contributed by atoms with E-state index in [1.165, 1.54) is 7.11 Å². The Morgan fingerprint density at radius 3 is 2.70 bits per heavy atom. The molecule has 1 saturated heterocycles. The van der Waals surface area contributed by atoms with E-state index in [2.05, 4.69) is 27.2 Å². The Bertz CT molecular complexity index is 777. The molecule has 1 aliphatic rings. The smallest absolute Gasteiger partial charge is 0.310 e. The van der Waals surface area contributed by atoms with Crippen molar-refractivity contribution < 1.29 is 9.53 Å². The molecule has 1 aromatic heterocycles. The summed E-state index contributed by atoms with van der Waals surface area (Å²) in [5, 5.41) is 7.93. The quantitative estimate of drug-likeness (QED) is 0.313. The van der Waals surface area contributed by atoms with Crippen molar-refractivity contribution in [3.05, 3.63) is 48.3 Å². The molecule has 0 aliphatic carbocycles. The van der Waals surface area contributed by atoms with Gasteiger partial charge in [0, 0.05) is 26.3 Å². The molecule has 1 aromatic carbocycles. The average molecular weight is 483 g/mol. The van der Waals surface area contributed by atoms with Gasteiger partial charge >= 0.3 is 5.97 Å². The molecule has 0 amide bonds. The normalized spacial score (nSPS) is 19.5. The monoisotopic (exact) mass is 483 g/mol. The van der Waals surface area contributed by atoms with Crippen LogP contribution in [0.5, 0.6) is 0 Å². The molecule has 1 fully saturated rings. The third-order valence-electron chi connectivity index (χ3n) is 4.72. The van der Waals surface area contributed by atoms with Crippen LogP contribution in [0.3, 0.4) is 0 Å². The van der Waals surface area contributed by atoms with Gasteiger partial charge in [0.15, 0.2) is 5.96 Å². The molecule has 7 nitrogen and oxygen atoms in total. The first-order chi connectivity index (χ1) is 12.6. The van der Waals surface area contributed by atoms with Crippen molar-refractivity contribution in [1.29, 1.82) is 0 Å². The van der Waals surface area contributed by atoms with Crippen LogP contribution in [-0.2, 0) is 16.1 Å². The lowest BCUT2D eigenvalue weighted by molar-refractivity contribution is -0.145. The van der Waals surface area contributed by atoms with Gasteiger partial charge in [-0.1, -0.05) is 25.1 Å². The van der Waals surface area contributed by atoms with E-state index in [0.29, 0.717) is 13.1 Å². The maximum absolute atomic E-state index is 11.9. The zero-order chi connectivity index (χ0) is 18.5. The van der Waals surface area contributed by atoms with Crippen LogP contribution in [0.2, 0.25) is 0 Å². The maximum Gasteiger partial charge on any atom is 0.310 e. The first-order valence-corrected chi connectivity index (χ1v) is 8.75. The van der Waals surface area contributed by atoms with E-state index in [4.69, 9.17) is 4.74 Å². The molecule has 3 rings (SSSR count). The van der Waals surface area contributed by atoms with E-state index < -0.39 is 0 Å². The molecule has 2 atom stereocenters. The molecule has 1 N–H and O–H groups in total. The molecule has 0 saturated carbocycles. The molecule has 27 heavy (non-hydrogen) atoms. The van der Waals surface area contributed by atoms with Gasteiger partial charge < -0.3 is 15.0 Å². The summed E-state index contributed by atoms with van der Waals surface area (Å²) in [6, 6.07) is 12.0. The minimum atomic E-state index is -0.156. The summed E-state index contributed by atoms with van der Waals surface area (Å²) >= 11 is 0. The fourth-order valence-electron chi connectivity index (χ4n) is 3.28. The summed E-state index contributed by atoms with van der Waals surface area (Å²) in [5.74, 6) is 0.740. The zero-order valence-electron chi connectivity index (χ0n) is 15.8. The van der Waals surface area contributed by atoms with Crippen molar-refractivity contribution >= 4 is 35.9 Å². The Balaban J connectivity index is 0.00000261. The third kappa shape index (κ3) is 5.00. The number of hydrogen-bond acceptors (Lipinski definition) is 4. The lowest BCUT2D eigenvalue weighted by atomic mass is 9.99. The molecule has 146 valence electrons. The number of carbonyl (C=O) groups excluding carboxylic acids is 1. The molecule has 2 heterocycles. The van der Waals surface area contributed by atoms with E-state index >= 15 is 0 Å². The van der Waals surface area contributed by atoms with Gasteiger partial charge in [-0.3, -0.25) is 9.79 Å². The Morgan fingerprint density at radius 2 is 2.04 bits per heavy atom. The van der Waals surface area contributed by atoms with E-state index in [0.717, 1.165) is 23.9 Å². The predicted octanol–water partition coefficient (Wildman–Crippen LogP) is 2.31. The molecule has 8 heteroatoms. The van der Waals surface area contributed by atoms with Gasteiger partial charge in [0.25, 0.3) is 0 Å². The van der Waals surface area contributed by atoms with Crippen molar-refractivity contribution in [2.75, 3.05) is 27.2 Å². The van der Waals surface area contributed by atoms with Crippen LogP contribution in [0.1, 0.15) is 12.6 Å². The highest BCUT2D eigenvalue weighted by molar-refractivity contribution is 14.0. The number of aromatic nitrogens is 2. The molecule has 2 aromatic rings. The van der Waals surface area contributed by atoms with Crippen LogP contribution < -0.4 is 5.32 Å². The Kier molecular flexibility index (Phi) is 7.64. The Morgan fingerprint density at radius 1 is 1.30 bits per heavy atom. The van der Waals surface area contributed by atoms with Crippen molar-refractivity contribution in [3.8, 4) is 5.69 Å². The highest BCUT2D eigenvalue weighted by Gasteiger charge is 2.36. The van der Waals surface area contributed by atoms with Crippen molar-refractivity contribution in [3.63, 3.8) is 0 Å². The van der Waals surface area contributed by atoms with Gasteiger partial charge in [-0.25, -0.2) is 4.68 Å². The van der Waals surface area contributed by atoms with Crippen LogP contribution in [0.15, 0.2) is 47.6 Å². The van der Waals surface area contributed by atoms with Crippen LogP contribution >= 0.6 is 24.0 Å². The predicted molar refractivity (Wildman–Crippen MR) is 115 cm³/mol. The minimum absolute atomic E-state index is 0. The second-order valence-electron chi connectivity index (χ2n) is 6.50.